The molecule has 0 amide bonds. The van der Waals surface area contributed by atoms with Crippen LogP contribution in [0.4, 0.5) is 19.1 Å². The van der Waals surface area contributed by atoms with Crippen molar-refractivity contribution in [2.45, 2.75) is 35.7 Å². The van der Waals surface area contributed by atoms with Crippen molar-refractivity contribution in [1.82, 2.24) is 19.5 Å². The fourth-order valence-corrected chi connectivity index (χ4v) is 4.67. The van der Waals surface area contributed by atoms with E-state index < -0.39 is 32.2 Å². The summed E-state index contributed by atoms with van der Waals surface area (Å²) in [6, 6.07) is 9.50. The highest BCUT2D eigenvalue weighted by Gasteiger charge is 2.38. The fourth-order valence-electron chi connectivity index (χ4n) is 2.64. The third-order valence-electron chi connectivity index (χ3n) is 3.85. The lowest BCUT2D eigenvalue weighted by Gasteiger charge is -2.18. The first kappa shape index (κ1) is 22.5. The van der Waals surface area contributed by atoms with Crippen molar-refractivity contribution < 1.29 is 27.4 Å². The Kier molecular flexibility index (Phi) is 6.71. The van der Waals surface area contributed by atoms with E-state index in [2.05, 4.69) is 15.0 Å². The highest BCUT2D eigenvalue weighted by molar-refractivity contribution is 7.99. The maximum atomic E-state index is 12.4. The molecule has 0 bridgehead atoms. The molecule has 0 spiro atoms. The number of anilines is 1. The second-order valence-electron chi connectivity index (χ2n) is 6.60. The first-order valence-corrected chi connectivity index (χ1v) is 11.6. The lowest BCUT2D eigenvalue weighted by molar-refractivity contribution is -0.108. The average Bonchev–Trinajstić information content (AvgIpc) is 3.02. The van der Waals surface area contributed by atoms with Gasteiger partial charge in [0, 0.05) is 4.90 Å². The van der Waals surface area contributed by atoms with Gasteiger partial charge in [-0.3, -0.25) is 4.57 Å². The van der Waals surface area contributed by atoms with Crippen molar-refractivity contribution in [3.05, 3.63) is 36.7 Å². The number of fused-ring (bicyclic) bond motifs is 1. The first-order valence-electron chi connectivity index (χ1n) is 8.73. The van der Waals surface area contributed by atoms with Gasteiger partial charge in [-0.05, 0) is 19.1 Å². The minimum atomic E-state index is -4.74. The largest absolute Gasteiger partial charge is 0.398 e. The number of rotatable bonds is 8. The quantitative estimate of drug-likeness (QED) is 0.385. The number of alkyl halides is 3. The second kappa shape index (κ2) is 8.93. The number of aromatic nitrogens is 4. The molecule has 3 aromatic rings. The van der Waals surface area contributed by atoms with Crippen LogP contribution in [0.25, 0.3) is 11.2 Å². The Morgan fingerprint density at radius 3 is 2.67 bits per heavy atom. The lowest BCUT2D eigenvalue weighted by Crippen LogP contribution is -2.20. The van der Waals surface area contributed by atoms with Crippen LogP contribution < -0.4 is 5.73 Å². The monoisotopic (exact) mass is 461 g/mol. The minimum Gasteiger partial charge on any atom is -0.368 e. The van der Waals surface area contributed by atoms with Crippen molar-refractivity contribution in [2.75, 3.05) is 18.2 Å². The Morgan fingerprint density at radius 1 is 1.30 bits per heavy atom. The zero-order chi connectivity index (χ0) is 21.9. The van der Waals surface area contributed by atoms with Gasteiger partial charge in [-0.25, -0.2) is 9.97 Å². The van der Waals surface area contributed by atoms with Crippen LogP contribution in [0.2, 0.25) is 0 Å². The maximum Gasteiger partial charge on any atom is 0.398 e. The van der Waals surface area contributed by atoms with Crippen LogP contribution >= 0.6 is 19.1 Å². The van der Waals surface area contributed by atoms with Gasteiger partial charge >= 0.3 is 6.18 Å². The second-order valence-corrected chi connectivity index (χ2v) is 9.93. The molecule has 2 atom stereocenters. The number of hydrogen-bond donors (Lipinski definition) is 2. The molecule has 0 aliphatic rings. The summed E-state index contributed by atoms with van der Waals surface area (Å²) >= 11 is 1.37. The normalized spacial score (nSPS) is 15.2. The van der Waals surface area contributed by atoms with Crippen molar-refractivity contribution >= 4 is 36.2 Å². The molecule has 2 aromatic heterocycles. The van der Waals surface area contributed by atoms with Gasteiger partial charge in [0.15, 0.2) is 5.65 Å². The topological polar surface area (TPSA) is 116 Å². The summed E-state index contributed by atoms with van der Waals surface area (Å²) in [5, 5.41) is 0.557. The van der Waals surface area contributed by atoms with Crippen LogP contribution in [0.1, 0.15) is 6.92 Å². The van der Waals surface area contributed by atoms with Gasteiger partial charge < -0.3 is 19.9 Å². The van der Waals surface area contributed by atoms with Crippen molar-refractivity contribution in [3.8, 4) is 0 Å². The molecule has 0 radical (unpaired) electrons. The Bertz CT molecular complexity index is 1060. The van der Waals surface area contributed by atoms with Gasteiger partial charge in [-0.15, -0.1) is 0 Å². The molecule has 1 aromatic carbocycles. The summed E-state index contributed by atoms with van der Waals surface area (Å²) in [6.45, 7) is 1.72. The number of ether oxygens (including phenoxy) is 1. The van der Waals surface area contributed by atoms with Crippen LogP contribution in [0.5, 0.6) is 0 Å². The summed E-state index contributed by atoms with van der Waals surface area (Å²) in [4.78, 5) is 23.1. The van der Waals surface area contributed by atoms with E-state index in [1.54, 1.807) is 11.5 Å². The molecule has 3 rings (SSSR count). The van der Waals surface area contributed by atoms with E-state index in [-0.39, 0.29) is 12.5 Å². The molecule has 0 aliphatic carbocycles. The van der Waals surface area contributed by atoms with E-state index in [9.17, 15) is 22.6 Å². The first-order chi connectivity index (χ1) is 14.0. The zero-order valence-corrected chi connectivity index (χ0v) is 17.5. The van der Waals surface area contributed by atoms with Crippen LogP contribution in [0.15, 0.2) is 46.6 Å². The van der Waals surface area contributed by atoms with Crippen LogP contribution in [0.3, 0.4) is 0 Å². The number of imidazole rings is 1. The number of nitrogens with two attached hydrogens (primary N) is 1. The molecule has 8 nitrogen and oxygen atoms in total. The Hall–Kier alpha value is -2.14. The van der Waals surface area contributed by atoms with E-state index >= 15 is 0 Å². The van der Waals surface area contributed by atoms with E-state index in [4.69, 9.17) is 10.5 Å². The van der Waals surface area contributed by atoms with Crippen LogP contribution in [-0.2, 0) is 15.8 Å². The third-order valence-corrected chi connectivity index (χ3v) is 6.24. The average molecular weight is 461 g/mol. The molecule has 162 valence electrons. The van der Waals surface area contributed by atoms with E-state index in [1.165, 1.54) is 18.1 Å². The Balaban J connectivity index is 1.73. The molecule has 3 N–H and O–H groups in total. The van der Waals surface area contributed by atoms with E-state index in [1.807, 2.05) is 30.3 Å². The van der Waals surface area contributed by atoms with E-state index in [0.29, 0.717) is 16.2 Å². The molecule has 2 heterocycles. The van der Waals surface area contributed by atoms with Gasteiger partial charge in [-0.1, -0.05) is 30.0 Å². The molecule has 2 unspecified atom stereocenters. The van der Waals surface area contributed by atoms with Crippen molar-refractivity contribution in [2.24, 2.45) is 0 Å². The Labute approximate surface area is 174 Å². The summed E-state index contributed by atoms with van der Waals surface area (Å²) < 4.78 is 55.5. The van der Waals surface area contributed by atoms with Gasteiger partial charge in [0.2, 0.25) is 13.3 Å². The summed E-state index contributed by atoms with van der Waals surface area (Å²) in [6.07, 6.45) is -6.60. The standard InChI is InChI=1S/C17H19F3N5O3PS/c1-11(28-10-29(26,27)8-17(18,19)20)7-25-9-22-13-14(25)23-16(21)24-15(13)30-12-5-3-2-4-6-12/h2-6,9,11H,7-8,10H2,1H3,(H,26,27)(H2,21,23,24). The molecule has 0 saturated heterocycles. The van der Waals surface area contributed by atoms with Crippen LogP contribution in [0, 0.1) is 0 Å². The smallest absolute Gasteiger partial charge is 0.368 e. The summed E-state index contributed by atoms with van der Waals surface area (Å²) in [5.74, 6) is 0.0429. The number of benzene rings is 1. The van der Waals surface area contributed by atoms with Crippen LogP contribution in [-0.4, -0.2) is 49.2 Å². The molecule has 30 heavy (non-hydrogen) atoms. The van der Waals surface area contributed by atoms with Gasteiger partial charge in [0.25, 0.3) is 0 Å². The summed E-state index contributed by atoms with van der Waals surface area (Å²) in [7, 11) is -4.48. The predicted molar refractivity (Wildman–Crippen MR) is 106 cm³/mol. The number of halogens is 3. The van der Waals surface area contributed by atoms with Gasteiger partial charge in [0.05, 0.1) is 19.0 Å². The van der Waals surface area contributed by atoms with Crippen molar-refractivity contribution in [1.29, 1.82) is 0 Å². The minimum absolute atomic E-state index is 0.0429. The van der Waals surface area contributed by atoms with Gasteiger partial charge in [-0.2, -0.15) is 18.2 Å². The molecule has 13 heteroatoms. The zero-order valence-electron chi connectivity index (χ0n) is 15.8. The lowest BCUT2D eigenvalue weighted by atomic mass is 10.4. The molecule has 0 fully saturated rings. The maximum absolute atomic E-state index is 12.4. The fraction of sp³-hybridized carbons (Fsp3) is 0.353. The third kappa shape index (κ3) is 6.18. The SMILES string of the molecule is CC(Cn1cnc2c(Sc3ccccc3)nc(N)nc21)OCP(=O)(O)CC(F)(F)F. The predicted octanol–water partition coefficient (Wildman–Crippen LogP) is 3.76. The van der Waals surface area contributed by atoms with E-state index in [0.717, 1.165) is 4.90 Å². The number of hydrogen-bond acceptors (Lipinski definition) is 7. The Morgan fingerprint density at radius 2 is 2.00 bits per heavy atom. The highest BCUT2D eigenvalue weighted by atomic mass is 32.2. The van der Waals surface area contributed by atoms with Gasteiger partial charge in [0.1, 0.15) is 23.1 Å². The molecular weight excluding hydrogens is 442 g/mol. The number of nitrogens with zero attached hydrogens (tertiary/aromatic N) is 4. The van der Waals surface area contributed by atoms with Crippen molar-refractivity contribution in [3.63, 3.8) is 0 Å². The molecule has 0 saturated carbocycles. The molecule has 0 aliphatic heterocycles. The summed E-state index contributed by atoms with van der Waals surface area (Å²) in [5.41, 5.74) is 6.77. The highest BCUT2D eigenvalue weighted by Crippen LogP contribution is 2.45. The number of nitrogen functional groups attached to an aromatic ring is 1. The molecular formula is C17H19F3N5O3PS.